The number of aliphatic hydroxyl groups is 1. The predicted molar refractivity (Wildman–Crippen MR) is 103 cm³/mol. The van der Waals surface area contributed by atoms with Crippen molar-refractivity contribution >= 4 is 6.03 Å². The summed E-state index contributed by atoms with van der Waals surface area (Å²) in [6, 6.07) is 11.5. The lowest BCUT2D eigenvalue weighted by atomic mass is 9.99. The molecule has 1 aliphatic rings. The van der Waals surface area contributed by atoms with Crippen LogP contribution in [0, 0.1) is 5.92 Å². The lowest BCUT2D eigenvalue weighted by molar-refractivity contribution is 0.128. The molecule has 1 aromatic heterocycles. The van der Waals surface area contributed by atoms with E-state index in [9.17, 15) is 9.90 Å². The third-order valence-electron chi connectivity index (χ3n) is 4.91. The molecule has 6 heteroatoms. The first kappa shape index (κ1) is 19.2. The van der Waals surface area contributed by atoms with Crippen LogP contribution in [-0.2, 0) is 6.61 Å². The number of aliphatic hydroxyl groups excluding tert-OH is 1. The molecule has 2 amide bonds. The fraction of sp³-hybridized carbons (Fsp3) is 0.429. The third-order valence-corrected chi connectivity index (χ3v) is 4.91. The molecule has 6 nitrogen and oxygen atoms in total. The van der Waals surface area contributed by atoms with Crippen LogP contribution in [0.5, 0.6) is 5.75 Å². The van der Waals surface area contributed by atoms with Crippen LogP contribution in [-0.4, -0.2) is 40.7 Å². The summed E-state index contributed by atoms with van der Waals surface area (Å²) in [5.74, 6) is 0.971. The van der Waals surface area contributed by atoms with Crippen molar-refractivity contribution in [2.75, 3.05) is 19.7 Å². The number of carbonyl (C=O) groups excluding carboxylic acids is 1. The molecule has 2 aromatic rings. The average Bonchev–Trinajstić information content (AvgIpc) is 2.73. The van der Waals surface area contributed by atoms with Crippen LogP contribution in [0.2, 0.25) is 0 Å². The summed E-state index contributed by atoms with van der Waals surface area (Å²) < 4.78 is 5.77. The van der Waals surface area contributed by atoms with Gasteiger partial charge in [0.1, 0.15) is 12.4 Å². The minimum absolute atomic E-state index is 0.0717. The Morgan fingerprint density at radius 1 is 1.37 bits per heavy atom. The van der Waals surface area contributed by atoms with Gasteiger partial charge in [-0.15, -0.1) is 0 Å². The van der Waals surface area contributed by atoms with E-state index in [-0.39, 0.29) is 24.6 Å². The first-order valence-corrected chi connectivity index (χ1v) is 9.43. The highest BCUT2D eigenvalue weighted by Gasteiger charge is 2.24. The van der Waals surface area contributed by atoms with Gasteiger partial charge in [0.25, 0.3) is 0 Å². The first-order valence-electron chi connectivity index (χ1n) is 9.43. The number of benzene rings is 1. The molecule has 2 unspecified atom stereocenters. The average molecular weight is 369 g/mol. The minimum Gasteiger partial charge on any atom is -0.489 e. The Balaban J connectivity index is 1.51. The van der Waals surface area contributed by atoms with Gasteiger partial charge >= 0.3 is 6.03 Å². The number of nitrogens with one attached hydrogen (secondary N) is 1. The summed E-state index contributed by atoms with van der Waals surface area (Å²) in [7, 11) is 0. The molecule has 1 aliphatic heterocycles. The Kier molecular flexibility index (Phi) is 6.65. The van der Waals surface area contributed by atoms with Crippen molar-refractivity contribution in [1.82, 2.24) is 15.2 Å². The number of urea groups is 1. The van der Waals surface area contributed by atoms with Crippen molar-refractivity contribution in [1.29, 1.82) is 0 Å². The number of pyridine rings is 1. The van der Waals surface area contributed by atoms with Crippen LogP contribution >= 0.6 is 0 Å². The van der Waals surface area contributed by atoms with Crippen LogP contribution in [0.3, 0.4) is 0 Å². The number of hydrogen-bond donors (Lipinski definition) is 2. The Morgan fingerprint density at radius 3 is 2.89 bits per heavy atom. The van der Waals surface area contributed by atoms with Crippen LogP contribution in [0.25, 0.3) is 0 Å². The molecule has 0 saturated carbocycles. The van der Waals surface area contributed by atoms with Gasteiger partial charge in [-0.25, -0.2) is 4.79 Å². The zero-order valence-corrected chi connectivity index (χ0v) is 15.7. The molecule has 2 atom stereocenters. The maximum atomic E-state index is 12.5. The monoisotopic (exact) mass is 369 g/mol. The van der Waals surface area contributed by atoms with Crippen LogP contribution in [0.15, 0.2) is 48.8 Å². The second-order valence-electron chi connectivity index (χ2n) is 7.03. The molecule has 0 bridgehead atoms. The fourth-order valence-electron chi connectivity index (χ4n) is 3.26. The fourth-order valence-corrected chi connectivity index (χ4v) is 3.26. The molecule has 27 heavy (non-hydrogen) atoms. The quantitative estimate of drug-likeness (QED) is 0.820. The molecule has 144 valence electrons. The molecular formula is C21H27N3O3. The minimum atomic E-state index is -0.0978. The van der Waals surface area contributed by atoms with Crippen molar-refractivity contribution in [3.8, 4) is 5.75 Å². The third kappa shape index (κ3) is 5.44. The zero-order valence-electron chi connectivity index (χ0n) is 15.7. The van der Waals surface area contributed by atoms with Gasteiger partial charge in [0, 0.05) is 37.7 Å². The van der Waals surface area contributed by atoms with Crippen LogP contribution in [0.4, 0.5) is 4.79 Å². The topological polar surface area (TPSA) is 74.7 Å². The molecule has 1 aromatic carbocycles. The molecule has 0 aliphatic carbocycles. The number of ether oxygens (including phenoxy) is 1. The lowest BCUT2D eigenvalue weighted by Gasteiger charge is -2.32. The summed E-state index contributed by atoms with van der Waals surface area (Å²) in [5.41, 5.74) is 2.04. The van der Waals surface area contributed by atoms with E-state index in [0.29, 0.717) is 13.2 Å². The van der Waals surface area contributed by atoms with Crippen molar-refractivity contribution in [2.24, 2.45) is 5.92 Å². The highest BCUT2D eigenvalue weighted by molar-refractivity contribution is 5.74. The second kappa shape index (κ2) is 9.37. The van der Waals surface area contributed by atoms with Gasteiger partial charge in [-0.3, -0.25) is 4.98 Å². The van der Waals surface area contributed by atoms with Gasteiger partial charge in [0.15, 0.2) is 0 Å². The highest BCUT2D eigenvalue weighted by Crippen LogP contribution is 2.20. The van der Waals surface area contributed by atoms with E-state index >= 15 is 0 Å². The van der Waals surface area contributed by atoms with Gasteiger partial charge in [0.05, 0.1) is 6.04 Å². The summed E-state index contributed by atoms with van der Waals surface area (Å²) >= 11 is 0. The Morgan fingerprint density at radius 2 is 2.19 bits per heavy atom. The van der Waals surface area contributed by atoms with Gasteiger partial charge in [0.2, 0.25) is 0 Å². The van der Waals surface area contributed by atoms with E-state index in [2.05, 4.69) is 10.3 Å². The van der Waals surface area contributed by atoms with Crippen molar-refractivity contribution in [3.63, 3.8) is 0 Å². The zero-order chi connectivity index (χ0) is 19.1. The maximum absolute atomic E-state index is 12.5. The smallest absolute Gasteiger partial charge is 0.317 e. The molecule has 1 fully saturated rings. The maximum Gasteiger partial charge on any atom is 0.317 e. The van der Waals surface area contributed by atoms with Crippen molar-refractivity contribution < 1.29 is 14.6 Å². The molecule has 0 spiro atoms. The van der Waals surface area contributed by atoms with Crippen molar-refractivity contribution in [3.05, 3.63) is 59.9 Å². The normalized spacial score (nSPS) is 18.0. The van der Waals surface area contributed by atoms with Crippen LogP contribution in [0.1, 0.15) is 36.9 Å². The number of hydrogen-bond acceptors (Lipinski definition) is 4. The number of piperidine rings is 1. The van der Waals surface area contributed by atoms with Gasteiger partial charge in [-0.05, 0) is 49.4 Å². The van der Waals surface area contributed by atoms with E-state index < -0.39 is 0 Å². The van der Waals surface area contributed by atoms with Gasteiger partial charge in [-0.2, -0.15) is 0 Å². The Bertz CT molecular complexity index is 721. The van der Waals surface area contributed by atoms with E-state index in [1.807, 2.05) is 43.3 Å². The Hall–Kier alpha value is -2.60. The van der Waals surface area contributed by atoms with Crippen molar-refractivity contribution in [2.45, 2.75) is 32.4 Å². The first-order chi connectivity index (χ1) is 13.2. The van der Waals surface area contributed by atoms with Gasteiger partial charge in [-0.1, -0.05) is 18.2 Å². The summed E-state index contributed by atoms with van der Waals surface area (Å²) in [4.78, 5) is 18.3. The summed E-state index contributed by atoms with van der Waals surface area (Å²) in [6.07, 6.45) is 5.45. The Labute approximate surface area is 160 Å². The van der Waals surface area contributed by atoms with Crippen LogP contribution < -0.4 is 10.1 Å². The van der Waals surface area contributed by atoms with E-state index in [0.717, 1.165) is 36.3 Å². The number of rotatable bonds is 6. The SMILES string of the molecule is CC(NC(=O)N1CCCC(CO)C1)c1ccc(OCc2cccnc2)cc1. The summed E-state index contributed by atoms with van der Waals surface area (Å²) in [5, 5.41) is 12.4. The molecule has 3 rings (SSSR count). The lowest BCUT2D eigenvalue weighted by Crippen LogP contribution is -2.46. The van der Waals surface area contributed by atoms with E-state index in [4.69, 9.17) is 4.74 Å². The predicted octanol–water partition coefficient (Wildman–Crippen LogP) is 3.14. The highest BCUT2D eigenvalue weighted by atomic mass is 16.5. The van der Waals surface area contributed by atoms with E-state index in [1.165, 1.54) is 0 Å². The molecule has 0 radical (unpaired) electrons. The van der Waals surface area contributed by atoms with Gasteiger partial charge < -0.3 is 20.1 Å². The molecular weight excluding hydrogens is 342 g/mol. The van der Waals surface area contributed by atoms with E-state index in [1.54, 1.807) is 17.3 Å². The number of carbonyl (C=O) groups is 1. The summed E-state index contributed by atoms with van der Waals surface area (Å²) in [6.45, 7) is 3.95. The number of nitrogens with zero attached hydrogens (tertiary/aromatic N) is 2. The number of aromatic nitrogens is 1. The second-order valence-corrected chi connectivity index (χ2v) is 7.03. The molecule has 1 saturated heterocycles. The standard InChI is InChI=1S/C21H27N3O3/c1-16(23-21(26)24-11-3-5-18(13-24)14-25)19-6-8-20(9-7-19)27-15-17-4-2-10-22-12-17/h2,4,6-10,12,16,18,25H,3,5,11,13-15H2,1H3,(H,23,26). The molecule has 2 heterocycles. The number of amides is 2. The number of likely N-dealkylation sites (tertiary alicyclic amines) is 1. The largest absolute Gasteiger partial charge is 0.489 e. The molecule has 2 N–H and O–H groups in total.